The van der Waals surface area contributed by atoms with Crippen LogP contribution in [0.5, 0.6) is 0 Å². The van der Waals surface area contributed by atoms with Crippen molar-refractivity contribution in [2.24, 2.45) is 0 Å². The number of rotatable bonds is 0. The first-order valence-electron chi connectivity index (χ1n) is 1.96. The summed E-state index contributed by atoms with van der Waals surface area (Å²) < 4.78 is 32.2. The van der Waals surface area contributed by atoms with Crippen molar-refractivity contribution >= 4 is 41.8 Å². The summed E-state index contributed by atoms with van der Waals surface area (Å²) in [5.74, 6) is 0. The minimum atomic E-state index is -4.07. The van der Waals surface area contributed by atoms with Crippen molar-refractivity contribution in [3.05, 3.63) is 6.92 Å². The molecule has 1 radical (unpaired) electrons. The van der Waals surface area contributed by atoms with E-state index in [1.165, 1.54) is 0 Å². The maximum atomic E-state index is 10.7. The van der Waals surface area contributed by atoms with Gasteiger partial charge in [-0.05, 0) is 6.92 Å². The largest absolute Gasteiger partial charge is 0.560 e. The van der Waals surface area contributed by atoms with Gasteiger partial charge in [-0.3, -0.25) is 25.8 Å². The second kappa shape index (κ2) is 7.62. The molecule has 0 amide bonds. The summed E-state index contributed by atoms with van der Waals surface area (Å²) >= 11 is 6.44. The van der Waals surface area contributed by atoms with Gasteiger partial charge in [0.05, 0.1) is 0 Å². The van der Waals surface area contributed by atoms with E-state index in [4.69, 9.17) is 0 Å². The zero-order valence-corrected chi connectivity index (χ0v) is 9.10. The first-order chi connectivity index (χ1) is 3.97. The van der Waals surface area contributed by atoms with Crippen LogP contribution in [0.1, 0.15) is 6.42 Å². The standard InChI is InChI=1S/C3H4F3.2BrH.Mg/c1-2-3(4,5)6;;;/h1-2H2;2*1H;/q;;;+2/p-2. The predicted octanol–water partition coefficient (Wildman–Crippen LogP) is 3.08. The van der Waals surface area contributed by atoms with E-state index < -0.39 is 12.6 Å². The van der Waals surface area contributed by atoms with Crippen LogP contribution in [0.2, 0.25) is 0 Å². The summed E-state index contributed by atoms with van der Waals surface area (Å²) in [6.45, 7) is 2.63. The Morgan fingerprint density at radius 2 is 1.44 bits per heavy atom. The second-order valence-corrected chi connectivity index (χ2v) is 9.05. The number of alkyl halides is 3. The lowest BCUT2D eigenvalue weighted by Gasteiger charge is -1.96. The normalized spacial score (nSPS) is 9.11. The molecule has 0 aromatic rings. The van der Waals surface area contributed by atoms with Gasteiger partial charge < -0.3 is 0 Å². The highest BCUT2D eigenvalue weighted by Gasteiger charge is 2.22. The van der Waals surface area contributed by atoms with E-state index in [2.05, 4.69) is 32.7 Å². The first-order valence-corrected chi connectivity index (χ1v) is 9.75. The van der Waals surface area contributed by atoms with Gasteiger partial charge in [0.1, 0.15) is 0 Å². The van der Waals surface area contributed by atoms with E-state index in [1.807, 2.05) is 0 Å². The zero-order chi connectivity index (χ0) is 7.91. The van der Waals surface area contributed by atoms with Crippen molar-refractivity contribution < 1.29 is 13.2 Å². The highest BCUT2D eigenvalue weighted by molar-refractivity contribution is 9.47. The molecular formula is C3H4Br2F3Mg. The van der Waals surface area contributed by atoms with Crippen LogP contribution in [0.15, 0.2) is 0 Å². The molecule has 0 atom stereocenters. The Morgan fingerprint density at radius 1 is 1.33 bits per heavy atom. The van der Waals surface area contributed by atoms with Gasteiger partial charge in [-0.25, -0.2) is 0 Å². The van der Waals surface area contributed by atoms with Crippen LogP contribution in [0.4, 0.5) is 13.2 Å². The smallest absolute Gasteiger partial charge is 0.280 e. The third-order valence-electron chi connectivity index (χ3n) is 0.283. The van der Waals surface area contributed by atoms with Crippen molar-refractivity contribution in [1.82, 2.24) is 0 Å². The Morgan fingerprint density at radius 3 is 1.44 bits per heavy atom. The lowest BCUT2D eigenvalue weighted by Crippen LogP contribution is -2.02. The van der Waals surface area contributed by atoms with Crippen LogP contribution < -0.4 is 0 Å². The van der Waals surface area contributed by atoms with Gasteiger partial charge in [-0.15, -0.1) is 0 Å². The Hall–Kier alpha value is 1.52. The maximum Gasteiger partial charge on any atom is 0.560 e. The summed E-state index contributed by atoms with van der Waals surface area (Å²) in [7, 11) is 0. The molecule has 0 heterocycles. The molecule has 0 aliphatic rings. The molecule has 53 valence electrons. The number of hydrogen-bond acceptors (Lipinski definition) is 0. The highest BCUT2D eigenvalue weighted by Crippen LogP contribution is 2.17. The van der Waals surface area contributed by atoms with E-state index in [9.17, 15) is 13.2 Å². The lowest BCUT2D eigenvalue weighted by molar-refractivity contribution is -0.125. The molecule has 0 saturated carbocycles. The van der Waals surface area contributed by atoms with Gasteiger partial charge in [0.15, 0.2) is 0 Å². The van der Waals surface area contributed by atoms with Crippen LogP contribution in [-0.2, 0) is 0 Å². The molecule has 0 fully saturated rings. The summed E-state index contributed by atoms with van der Waals surface area (Å²) in [6.07, 6.45) is -5.05. The van der Waals surface area contributed by atoms with E-state index in [0.29, 0.717) is 0 Å². The molecule has 6 heteroatoms. The minimum absolute atomic E-state index is 0.0417. The van der Waals surface area contributed by atoms with E-state index >= 15 is 0 Å². The summed E-state index contributed by atoms with van der Waals surface area (Å²) in [6, 6.07) is 0. The van der Waals surface area contributed by atoms with Crippen LogP contribution >= 0.6 is 25.8 Å². The first kappa shape index (κ1) is 13.1. The third-order valence-corrected chi connectivity index (χ3v) is 0.283. The Labute approximate surface area is 74.0 Å². The SMILES string of the molecule is [Br][Mg][Br].[CH2]CC(F)(F)F. The van der Waals surface area contributed by atoms with Crippen LogP contribution in [0.3, 0.4) is 0 Å². The Kier molecular flexibility index (Phi) is 11.1. The lowest BCUT2D eigenvalue weighted by atomic mass is 10.5. The molecule has 0 aliphatic heterocycles. The van der Waals surface area contributed by atoms with Crippen molar-refractivity contribution in [2.45, 2.75) is 12.6 Å². The van der Waals surface area contributed by atoms with Gasteiger partial charge >= 0.3 is 22.2 Å². The molecule has 0 unspecified atom stereocenters. The van der Waals surface area contributed by atoms with Gasteiger partial charge in [-0.2, -0.15) is 13.2 Å². The van der Waals surface area contributed by atoms with E-state index in [0.717, 1.165) is 0 Å². The van der Waals surface area contributed by atoms with Crippen LogP contribution in [-0.4, -0.2) is 22.2 Å². The molecule has 0 spiro atoms. The van der Waals surface area contributed by atoms with Crippen LogP contribution in [0, 0.1) is 6.92 Å². The van der Waals surface area contributed by atoms with Crippen molar-refractivity contribution in [1.29, 1.82) is 0 Å². The third kappa shape index (κ3) is 26.4. The van der Waals surface area contributed by atoms with Crippen molar-refractivity contribution in [2.75, 3.05) is 0 Å². The highest BCUT2D eigenvalue weighted by atomic mass is 79.9. The quantitative estimate of drug-likeness (QED) is 0.599. The molecule has 0 rings (SSSR count). The number of hydrogen-bond donors (Lipinski definition) is 0. The molecule has 0 bridgehead atoms. The Balaban J connectivity index is 0. The van der Waals surface area contributed by atoms with Crippen LogP contribution in [0.25, 0.3) is 0 Å². The fourth-order valence-corrected chi connectivity index (χ4v) is 0. The fourth-order valence-electron chi connectivity index (χ4n) is 0. The maximum absolute atomic E-state index is 10.7. The summed E-state index contributed by atoms with van der Waals surface area (Å²) in [5.41, 5.74) is 0. The van der Waals surface area contributed by atoms with Crippen molar-refractivity contribution in [3.8, 4) is 0 Å². The van der Waals surface area contributed by atoms with Crippen molar-refractivity contribution in [3.63, 3.8) is 0 Å². The predicted molar refractivity (Wildman–Crippen MR) is 39.6 cm³/mol. The topological polar surface area (TPSA) is 0 Å². The van der Waals surface area contributed by atoms with Gasteiger partial charge in [0.25, 0.3) is 0 Å². The molecule has 0 nitrogen and oxygen atoms in total. The average Bonchev–Trinajstić information content (AvgIpc) is 1.67. The molecular weight excluding hydrogens is 277 g/mol. The van der Waals surface area contributed by atoms with Gasteiger partial charge in [-0.1, -0.05) is 0 Å². The molecule has 9 heavy (non-hydrogen) atoms. The zero-order valence-electron chi connectivity index (χ0n) is 4.51. The molecule has 0 aliphatic carbocycles. The summed E-state index contributed by atoms with van der Waals surface area (Å²) in [5, 5.41) is 0. The minimum Gasteiger partial charge on any atom is -0.280 e. The molecule has 0 aromatic heterocycles. The molecule has 0 N–H and O–H groups in total. The molecule has 0 aromatic carbocycles. The summed E-state index contributed by atoms with van der Waals surface area (Å²) in [4.78, 5) is 0. The van der Waals surface area contributed by atoms with Gasteiger partial charge in [0, 0.05) is 6.42 Å². The fraction of sp³-hybridized carbons (Fsp3) is 0.667. The van der Waals surface area contributed by atoms with E-state index in [1.54, 1.807) is 0 Å². The number of halogens is 5. The van der Waals surface area contributed by atoms with Gasteiger partial charge in [0.2, 0.25) is 0 Å². The van der Waals surface area contributed by atoms with E-state index in [-0.39, 0.29) is 16.0 Å². The molecule has 0 saturated heterocycles. The Bertz CT molecular complexity index is 55.5. The average molecular weight is 281 g/mol. The second-order valence-electron chi connectivity index (χ2n) is 0.966. The monoisotopic (exact) mass is 279 g/mol.